The van der Waals surface area contributed by atoms with E-state index in [1.165, 1.54) is 11.6 Å². The molecule has 1 N–H and O–H groups in total. The average molecular weight is 230 g/mol. The zero-order chi connectivity index (χ0) is 11.8. The van der Waals surface area contributed by atoms with E-state index in [0.29, 0.717) is 5.52 Å². The number of benzene rings is 1. The Morgan fingerprint density at radius 1 is 1.35 bits per heavy atom. The molecule has 0 saturated heterocycles. The molecule has 88 valence electrons. The molecule has 0 radical (unpaired) electrons. The summed E-state index contributed by atoms with van der Waals surface area (Å²) >= 11 is 0. The van der Waals surface area contributed by atoms with Crippen LogP contribution in [0.15, 0.2) is 30.5 Å². The molecule has 2 nitrogen and oxygen atoms in total. The van der Waals surface area contributed by atoms with E-state index in [1.807, 2.05) is 12.3 Å². The second-order valence-corrected chi connectivity index (χ2v) is 4.62. The fourth-order valence-corrected chi connectivity index (χ4v) is 2.47. The number of rotatable bonds is 1. The van der Waals surface area contributed by atoms with Gasteiger partial charge in [0, 0.05) is 30.2 Å². The maximum absolute atomic E-state index is 13.6. The van der Waals surface area contributed by atoms with Gasteiger partial charge in [-0.3, -0.25) is 0 Å². The van der Waals surface area contributed by atoms with Crippen molar-refractivity contribution in [2.45, 2.75) is 6.42 Å². The van der Waals surface area contributed by atoms with Crippen LogP contribution in [0.3, 0.4) is 0 Å². The fraction of sp³-hybridized carbons (Fsp3) is 0.286. The van der Waals surface area contributed by atoms with Crippen LogP contribution in [0.4, 0.5) is 4.39 Å². The molecular formula is C14H15FN2. The highest BCUT2D eigenvalue weighted by molar-refractivity contribution is 5.93. The number of H-pyrrole nitrogens is 1. The van der Waals surface area contributed by atoms with Gasteiger partial charge in [-0.25, -0.2) is 4.39 Å². The predicted octanol–water partition coefficient (Wildman–Crippen LogP) is 3.03. The van der Waals surface area contributed by atoms with Crippen LogP contribution in [-0.2, 0) is 0 Å². The van der Waals surface area contributed by atoms with Crippen LogP contribution in [-0.4, -0.2) is 30.0 Å². The smallest absolute Gasteiger partial charge is 0.147 e. The largest absolute Gasteiger partial charge is 0.358 e. The minimum Gasteiger partial charge on any atom is -0.358 e. The summed E-state index contributed by atoms with van der Waals surface area (Å²) in [5.41, 5.74) is 3.03. The van der Waals surface area contributed by atoms with Gasteiger partial charge in [-0.1, -0.05) is 18.2 Å². The van der Waals surface area contributed by atoms with Crippen molar-refractivity contribution in [3.05, 3.63) is 41.9 Å². The van der Waals surface area contributed by atoms with E-state index in [1.54, 1.807) is 6.07 Å². The summed E-state index contributed by atoms with van der Waals surface area (Å²) < 4.78 is 13.6. The summed E-state index contributed by atoms with van der Waals surface area (Å²) in [6.45, 7) is 2.03. The first-order valence-electron chi connectivity index (χ1n) is 5.89. The SMILES string of the molecule is CN1CCC=C(c2c[nH]c3c(F)cccc23)C1. The third-order valence-corrected chi connectivity index (χ3v) is 3.35. The first kappa shape index (κ1) is 10.5. The molecule has 0 unspecified atom stereocenters. The topological polar surface area (TPSA) is 19.0 Å². The normalized spacial score (nSPS) is 17.4. The number of hydrogen-bond acceptors (Lipinski definition) is 1. The van der Waals surface area contributed by atoms with E-state index in [4.69, 9.17) is 0 Å². The molecule has 0 amide bonds. The Bertz CT molecular complexity index is 583. The molecule has 2 heterocycles. The van der Waals surface area contributed by atoms with Crippen LogP contribution in [0.5, 0.6) is 0 Å². The minimum atomic E-state index is -0.182. The van der Waals surface area contributed by atoms with Crippen LogP contribution >= 0.6 is 0 Å². The highest BCUT2D eigenvalue weighted by atomic mass is 19.1. The average Bonchev–Trinajstić information content (AvgIpc) is 2.74. The van der Waals surface area contributed by atoms with Gasteiger partial charge in [0.1, 0.15) is 5.82 Å². The van der Waals surface area contributed by atoms with E-state index in [2.05, 4.69) is 23.0 Å². The van der Waals surface area contributed by atoms with Crippen LogP contribution in [0.1, 0.15) is 12.0 Å². The lowest BCUT2D eigenvalue weighted by Gasteiger charge is -2.22. The van der Waals surface area contributed by atoms with E-state index in [9.17, 15) is 4.39 Å². The number of aromatic nitrogens is 1. The van der Waals surface area contributed by atoms with Crippen molar-refractivity contribution < 1.29 is 4.39 Å². The van der Waals surface area contributed by atoms with Crippen LogP contribution in [0.25, 0.3) is 16.5 Å². The van der Waals surface area contributed by atoms with E-state index in [0.717, 1.165) is 30.5 Å². The summed E-state index contributed by atoms with van der Waals surface area (Å²) in [6, 6.07) is 5.23. The van der Waals surface area contributed by atoms with Gasteiger partial charge >= 0.3 is 0 Å². The first-order valence-corrected chi connectivity index (χ1v) is 5.89. The standard InChI is InChI=1S/C14H15FN2/c1-17-7-3-4-10(9-17)12-8-16-14-11(12)5-2-6-13(14)15/h2,4-6,8,16H,3,7,9H2,1H3. The number of hydrogen-bond donors (Lipinski definition) is 1. The molecule has 0 saturated carbocycles. The fourth-order valence-electron chi connectivity index (χ4n) is 2.47. The van der Waals surface area contributed by atoms with Crippen LogP contribution in [0.2, 0.25) is 0 Å². The summed E-state index contributed by atoms with van der Waals surface area (Å²) in [6.07, 6.45) is 5.24. The molecule has 1 aromatic heterocycles. The van der Waals surface area contributed by atoms with Crippen molar-refractivity contribution in [1.29, 1.82) is 0 Å². The second-order valence-electron chi connectivity index (χ2n) is 4.62. The molecular weight excluding hydrogens is 215 g/mol. The van der Waals surface area contributed by atoms with Gasteiger partial charge in [0.25, 0.3) is 0 Å². The van der Waals surface area contributed by atoms with Gasteiger partial charge in [0.15, 0.2) is 0 Å². The molecule has 1 aromatic carbocycles. The highest BCUT2D eigenvalue weighted by Crippen LogP contribution is 2.28. The van der Waals surface area contributed by atoms with Gasteiger partial charge in [0.05, 0.1) is 5.52 Å². The molecule has 3 heteroatoms. The van der Waals surface area contributed by atoms with Crippen molar-refractivity contribution >= 4 is 16.5 Å². The molecule has 0 aliphatic carbocycles. The third-order valence-electron chi connectivity index (χ3n) is 3.35. The molecule has 0 spiro atoms. The molecule has 2 aromatic rings. The number of para-hydroxylation sites is 1. The lowest BCUT2D eigenvalue weighted by Crippen LogP contribution is -2.24. The zero-order valence-electron chi connectivity index (χ0n) is 9.83. The van der Waals surface area contributed by atoms with E-state index < -0.39 is 0 Å². The maximum atomic E-state index is 13.6. The quantitative estimate of drug-likeness (QED) is 0.797. The number of nitrogens with one attached hydrogen (secondary N) is 1. The molecule has 0 fully saturated rings. The molecule has 1 aliphatic heterocycles. The zero-order valence-corrected chi connectivity index (χ0v) is 9.83. The Morgan fingerprint density at radius 3 is 3.06 bits per heavy atom. The van der Waals surface area contributed by atoms with Gasteiger partial charge in [0.2, 0.25) is 0 Å². The predicted molar refractivity (Wildman–Crippen MR) is 68.3 cm³/mol. The number of nitrogens with zero attached hydrogens (tertiary/aromatic N) is 1. The second kappa shape index (κ2) is 4.00. The number of fused-ring (bicyclic) bond motifs is 1. The number of likely N-dealkylation sites (N-methyl/N-ethyl adjacent to an activating group) is 1. The molecule has 0 atom stereocenters. The number of aromatic amines is 1. The van der Waals surface area contributed by atoms with Crippen LogP contribution in [0, 0.1) is 5.82 Å². The summed E-state index contributed by atoms with van der Waals surface area (Å²) in [5.74, 6) is -0.182. The van der Waals surface area contributed by atoms with Crippen molar-refractivity contribution in [3.63, 3.8) is 0 Å². The van der Waals surface area contributed by atoms with Crippen molar-refractivity contribution in [1.82, 2.24) is 9.88 Å². The van der Waals surface area contributed by atoms with Gasteiger partial charge < -0.3 is 9.88 Å². The lowest BCUT2D eigenvalue weighted by molar-refractivity contribution is 0.373. The van der Waals surface area contributed by atoms with Crippen molar-refractivity contribution in [3.8, 4) is 0 Å². The van der Waals surface area contributed by atoms with Crippen molar-refractivity contribution in [2.75, 3.05) is 20.1 Å². The highest BCUT2D eigenvalue weighted by Gasteiger charge is 2.14. The summed E-state index contributed by atoms with van der Waals surface area (Å²) in [5, 5.41) is 0.978. The van der Waals surface area contributed by atoms with E-state index in [-0.39, 0.29) is 5.82 Å². The Labute approximate surface area is 99.7 Å². The molecule has 17 heavy (non-hydrogen) atoms. The monoisotopic (exact) mass is 230 g/mol. The van der Waals surface area contributed by atoms with E-state index >= 15 is 0 Å². The Balaban J connectivity index is 2.12. The first-order chi connectivity index (χ1) is 8.25. The molecule has 3 rings (SSSR count). The van der Waals surface area contributed by atoms with Gasteiger partial charge in [-0.05, 0) is 25.1 Å². The lowest BCUT2D eigenvalue weighted by atomic mass is 10.0. The minimum absolute atomic E-state index is 0.182. The molecule has 0 bridgehead atoms. The van der Waals surface area contributed by atoms with Crippen LogP contribution < -0.4 is 0 Å². The molecule has 1 aliphatic rings. The Morgan fingerprint density at radius 2 is 2.24 bits per heavy atom. The third kappa shape index (κ3) is 1.76. The summed E-state index contributed by atoms with van der Waals surface area (Å²) in [4.78, 5) is 5.32. The van der Waals surface area contributed by atoms with Gasteiger partial charge in [-0.15, -0.1) is 0 Å². The van der Waals surface area contributed by atoms with Gasteiger partial charge in [-0.2, -0.15) is 0 Å². The summed E-state index contributed by atoms with van der Waals surface area (Å²) in [7, 11) is 2.11. The maximum Gasteiger partial charge on any atom is 0.147 e. The Hall–Kier alpha value is -1.61. The van der Waals surface area contributed by atoms with Crippen molar-refractivity contribution in [2.24, 2.45) is 0 Å². The number of halogens is 1. The Kier molecular flexibility index (Phi) is 2.48.